The van der Waals surface area contributed by atoms with Crippen molar-refractivity contribution in [1.82, 2.24) is 14.5 Å². The van der Waals surface area contributed by atoms with Crippen LogP contribution in [0.1, 0.15) is 52.8 Å². The molecule has 4 rings (SSSR count). The predicted octanol–water partition coefficient (Wildman–Crippen LogP) is 7.65. The Bertz CT molecular complexity index is 1250. The first kappa shape index (κ1) is 23.7. The smallest absolute Gasteiger partial charge is 0.139 e. The van der Waals surface area contributed by atoms with E-state index in [2.05, 4.69) is 82.9 Å². The molecular formula is C30H35N3O. The van der Waals surface area contributed by atoms with Gasteiger partial charge in [-0.1, -0.05) is 71.9 Å². The minimum absolute atomic E-state index is 0.101. The molecule has 0 aliphatic carbocycles. The summed E-state index contributed by atoms with van der Waals surface area (Å²) in [5.74, 6) is 2.50. The Kier molecular flexibility index (Phi) is 6.11. The first-order valence-corrected chi connectivity index (χ1v) is 11.8. The molecule has 0 spiro atoms. The van der Waals surface area contributed by atoms with Crippen LogP contribution in [0.15, 0.2) is 85.3 Å². The number of benzene rings is 2. The van der Waals surface area contributed by atoms with Gasteiger partial charge in [0.05, 0.1) is 5.69 Å². The van der Waals surface area contributed by atoms with E-state index in [4.69, 9.17) is 9.72 Å². The lowest BCUT2D eigenvalue weighted by atomic mass is 9.49. The second-order valence-corrected chi connectivity index (χ2v) is 11.0. The van der Waals surface area contributed by atoms with Crippen molar-refractivity contribution < 1.29 is 4.74 Å². The Morgan fingerprint density at radius 2 is 1.38 bits per heavy atom. The Labute approximate surface area is 203 Å². The maximum absolute atomic E-state index is 6.40. The van der Waals surface area contributed by atoms with Gasteiger partial charge in [-0.25, -0.2) is 4.98 Å². The van der Waals surface area contributed by atoms with Crippen LogP contribution in [-0.4, -0.2) is 14.5 Å². The zero-order chi connectivity index (χ0) is 24.6. The van der Waals surface area contributed by atoms with Gasteiger partial charge < -0.3 is 9.30 Å². The number of hydrogen-bond acceptors (Lipinski definition) is 3. The molecule has 4 heteroatoms. The number of aryl methyl sites for hydroxylation is 1. The first-order valence-electron chi connectivity index (χ1n) is 11.8. The summed E-state index contributed by atoms with van der Waals surface area (Å²) in [4.78, 5) is 9.34. The number of nitrogens with zero attached hydrogens (tertiary/aromatic N) is 3. The van der Waals surface area contributed by atoms with Crippen molar-refractivity contribution in [2.75, 3.05) is 0 Å². The summed E-state index contributed by atoms with van der Waals surface area (Å²) >= 11 is 0. The van der Waals surface area contributed by atoms with Crippen molar-refractivity contribution in [3.05, 3.63) is 96.6 Å². The normalized spacial score (nSPS) is 12.6. The van der Waals surface area contributed by atoms with Crippen LogP contribution in [-0.2, 0) is 12.5 Å². The van der Waals surface area contributed by atoms with Gasteiger partial charge in [0.2, 0.25) is 0 Å². The third-order valence-electron chi connectivity index (χ3n) is 6.72. The number of rotatable bonds is 5. The van der Waals surface area contributed by atoms with E-state index in [1.165, 1.54) is 5.56 Å². The summed E-state index contributed by atoms with van der Waals surface area (Å²) in [5.41, 5.74) is 2.75. The van der Waals surface area contributed by atoms with Gasteiger partial charge in [0.25, 0.3) is 0 Å². The quantitative estimate of drug-likeness (QED) is 0.311. The van der Waals surface area contributed by atoms with Crippen molar-refractivity contribution in [3.8, 4) is 22.9 Å². The maximum atomic E-state index is 6.40. The third kappa shape index (κ3) is 4.13. The number of hydrogen-bond donors (Lipinski definition) is 0. The molecule has 0 unspecified atom stereocenters. The van der Waals surface area contributed by atoms with Crippen molar-refractivity contribution in [2.45, 2.75) is 47.0 Å². The topological polar surface area (TPSA) is 39.9 Å². The van der Waals surface area contributed by atoms with Crippen LogP contribution in [0.4, 0.5) is 0 Å². The fourth-order valence-electron chi connectivity index (χ4n) is 5.76. The maximum Gasteiger partial charge on any atom is 0.139 e. The van der Waals surface area contributed by atoms with Crippen molar-refractivity contribution in [3.63, 3.8) is 0 Å². The standard InChI is InChI=1S/C30H35N3O/c1-28(2,3)30(29(4,5)6,26-16-8-9-17-31-26)23-13-11-15-25(21-23)34-24-14-10-12-22(20-24)27-32-18-19-33(27)7/h8-21H,1-7H3. The molecule has 2 heterocycles. The molecule has 0 saturated heterocycles. The molecule has 4 nitrogen and oxygen atoms in total. The Balaban J connectivity index is 1.80. The Morgan fingerprint density at radius 1 is 0.706 bits per heavy atom. The van der Waals surface area contributed by atoms with E-state index in [0.717, 1.165) is 28.6 Å². The predicted molar refractivity (Wildman–Crippen MR) is 139 cm³/mol. The number of pyridine rings is 1. The van der Waals surface area contributed by atoms with Gasteiger partial charge in [-0.2, -0.15) is 0 Å². The highest BCUT2D eigenvalue weighted by Gasteiger charge is 2.54. The molecule has 0 aliphatic heterocycles. The average molecular weight is 454 g/mol. The molecule has 2 aromatic heterocycles. The fraction of sp³-hybridized carbons (Fsp3) is 0.333. The SMILES string of the molecule is Cn1ccnc1-c1cccc(Oc2cccc(C(c3ccccn3)(C(C)(C)C)C(C)(C)C)c2)c1. The molecule has 0 N–H and O–H groups in total. The summed E-state index contributed by atoms with van der Waals surface area (Å²) in [5, 5.41) is 0. The lowest BCUT2D eigenvalue weighted by Gasteiger charge is -2.53. The van der Waals surface area contributed by atoms with Crippen LogP contribution in [0, 0.1) is 10.8 Å². The zero-order valence-electron chi connectivity index (χ0n) is 21.3. The van der Waals surface area contributed by atoms with E-state index >= 15 is 0 Å². The summed E-state index contributed by atoms with van der Waals surface area (Å²) in [6, 6.07) is 22.8. The first-order chi connectivity index (χ1) is 16.0. The largest absolute Gasteiger partial charge is 0.457 e. The second-order valence-electron chi connectivity index (χ2n) is 11.0. The van der Waals surface area contributed by atoms with E-state index in [-0.39, 0.29) is 16.2 Å². The van der Waals surface area contributed by atoms with Crippen LogP contribution in [0.25, 0.3) is 11.4 Å². The monoisotopic (exact) mass is 453 g/mol. The molecule has 4 aromatic rings. The molecule has 0 amide bonds. The molecule has 0 atom stereocenters. The molecule has 34 heavy (non-hydrogen) atoms. The summed E-state index contributed by atoms with van der Waals surface area (Å²) in [6.07, 6.45) is 5.65. The molecule has 0 aliphatic rings. The highest BCUT2D eigenvalue weighted by Crippen LogP contribution is 2.57. The Hall–Kier alpha value is -3.40. The van der Waals surface area contributed by atoms with Gasteiger partial charge in [0.1, 0.15) is 17.3 Å². The Morgan fingerprint density at radius 3 is 1.97 bits per heavy atom. The molecule has 0 fully saturated rings. The van der Waals surface area contributed by atoms with Crippen LogP contribution >= 0.6 is 0 Å². The van der Waals surface area contributed by atoms with Gasteiger partial charge in [-0.3, -0.25) is 4.98 Å². The number of aromatic nitrogens is 3. The molecule has 0 saturated carbocycles. The lowest BCUT2D eigenvalue weighted by molar-refractivity contribution is 0.0863. The molecular weight excluding hydrogens is 418 g/mol. The van der Waals surface area contributed by atoms with Crippen LogP contribution in [0.2, 0.25) is 0 Å². The summed E-state index contributed by atoms with van der Waals surface area (Å²) in [7, 11) is 2.00. The van der Waals surface area contributed by atoms with Crippen molar-refractivity contribution in [2.24, 2.45) is 17.9 Å². The van der Waals surface area contributed by atoms with Gasteiger partial charge in [-0.15, -0.1) is 0 Å². The van der Waals surface area contributed by atoms with E-state index in [1.54, 1.807) is 0 Å². The second kappa shape index (κ2) is 8.75. The van der Waals surface area contributed by atoms with E-state index in [0.29, 0.717) is 0 Å². The molecule has 176 valence electrons. The average Bonchev–Trinajstić information content (AvgIpc) is 3.19. The van der Waals surface area contributed by atoms with E-state index < -0.39 is 0 Å². The van der Waals surface area contributed by atoms with E-state index in [1.807, 2.05) is 60.5 Å². The van der Waals surface area contributed by atoms with E-state index in [9.17, 15) is 0 Å². The van der Waals surface area contributed by atoms with Gasteiger partial charge in [-0.05, 0) is 52.8 Å². The molecule has 0 radical (unpaired) electrons. The van der Waals surface area contributed by atoms with Crippen LogP contribution in [0.3, 0.4) is 0 Å². The lowest BCUT2D eigenvalue weighted by Crippen LogP contribution is -2.51. The van der Waals surface area contributed by atoms with Crippen LogP contribution in [0.5, 0.6) is 11.5 Å². The number of imidazole rings is 1. The molecule has 0 bridgehead atoms. The third-order valence-corrected chi connectivity index (χ3v) is 6.72. The minimum Gasteiger partial charge on any atom is -0.457 e. The van der Waals surface area contributed by atoms with Crippen LogP contribution < -0.4 is 4.74 Å². The highest BCUT2D eigenvalue weighted by molar-refractivity contribution is 5.58. The van der Waals surface area contributed by atoms with Gasteiger partial charge in [0, 0.05) is 36.6 Å². The zero-order valence-corrected chi connectivity index (χ0v) is 21.3. The van der Waals surface area contributed by atoms with Crippen molar-refractivity contribution >= 4 is 0 Å². The van der Waals surface area contributed by atoms with Crippen molar-refractivity contribution in [1.29, 1.82) is 0 Å². The minimum atomic E-state index is -0.338. The fourth-order valence-corrected chi connectivity index (χ4v) is 5.76. The highest BCUT2D eigenvalue weighted by atomic mass is 16.5. The summed E-state index contributed by atoms with van der Waals surface area (Å²) < 4.78 is 8.40. The summed E-state index contributed by atoms with van der Waals surface area (Å²) in [6.45, 7) is 13.8. The van der Waals surface area contributed by atoms with Gasteiger partial charge in [0.15, 0.2) is 0 Å². The molecule has 2 aromatic carbocycles. The van der Waals surface area contributed by atoms with Gasteiger partial charge >= 0.3 is 0 Å². The number of ether oxygens (including phenoxy) is 1.